The minimum absolute atomic E-state index is 0.449. The zero-order valence-electron chi connectivity index (χ0n) is 20.2. The molecule has 2 atom stereocenters. The molecule has 0 aliphatic heterocycles. The normalized spacial score (nSPS) is 13.5. The molecular formula is C27H27F3N4O2. The zero-order valence-corrected chi connectivity index (χ0v) is 20.2. The number of alkyl halides is 3. The van der Waals surface area contributed by atoms with Crippen LogP contribution in [0.2, 0.25) is 0 Å². The average molecular weight is 497 g/mol. The quantitative estimate of drug-likeness (QED) is 0.361. The van der Waals surface area contributed by atoms with Gasteiger partial charge >= 0.3 is 12.1 Å². The number of halogens is 3. The van der Waals surface area contributed by atoms with Crippen LogP contribution < -0.4 is 10.1 Å². The lowest BCUT2D eigenvalue weighted by molar-refractivity contribution is -0.174. The molecule has 0 fully saturated rings. The summed E-state index contributed by atoms with van der Waals surface area (Å²) in [5, 5.41) is 7.32. The molecule has 188 valence electrons. The molecule has 36 heavy (non-hydrogen) atoms. The third kappa shape index (κ3) is 5.85. The number of nitrogens with zero attached hydrogens (tertiary/aromatic N) is 3. The Balaban J connectivity index is 1.59. The van der Waals surface area contributed by atoms with E-state index < -0.39 is 24.2 Å². The van der Waals surface area contributed by atoms with Crippen molar-refractivity contribution in [2.45, 2.75) is 31.8 Å². The van der Waals surface area contributed by atoms with Gasteiger partial charge in [-0.05, 0) is 62.5 Å². The molecule has 6 nitrogen and oxygen atoms in total. The molecule has 4 rings (SSSR count). The number of fused-ring (bicyclic) bond motifs is 1. The van der Waals surface area contributed by atoms with Crippen LogP contribution in [0.4, 0.5) is 13.2 Å². The Morgan fingerprint density at radius 3 is 2.39 bits per heavy atom. The van der Waals surface area contributed by atoms with E-state index in [4.69, 9.17) is 4.74 Å². The fourth-order valence-corrected chi connectivity index (χ4v) is 4.01. The number of rotatable bonds is 8. The number of aromatic nitrogens is 2. The lowest BCUT2D eigenvalue weighted by Gasteiger charge is -2.27. The lowest BCUT2D eigenvalue weighted by Crippen LogP contribution is -2.45. The Hall–Kier alpha value is -3.85. The maximum Gasteiger partial charge on any atom is 0.471 e. The molecule has 3 aromatic carbocycles. The molecule has 4 aromatic rings. The van der Waals surface area contributed by atoms with Gasteiger partial charge in [-0.1, -0.05) is 42.5 Å². The van der Waals surface area contributed by atoms with Gasteiger partial charge in [0, 0.05) is 11.9 Å². The monoisotopic (exact) mass is 496 g/mol. The van der Waals surface area contributed by atoms with Crippen molar-refractivity contribution in [2.75, 3.05) is 14.1 Å². The maximum absolute atomic E-state index is 12.8. The van der Waals surface area contributed by atoms with Gasteiger partial charge in [-0.3, -0.25) is 4.79 Å². The van der Waals surface area contributed by atoms with Gasteiger partial charge in [0.15, 0.2) is 0 Å². The summed E-state index contributed by atoms with van der Waals surface area (Å²) in [6, 6.07) is 21.4. The molecule has 1 heterocycles. The van der Waals surface area contributed by atoms with E-state index in [2.05, 4.69) is 22.1 Å². The number of benzene rings is 3. The van der Waals surface area contributed by atoms with Crippen LogP contribution >= 0.6 is 0 Å². The van der Waals surface area contributed by atoms with Gasteiger partial charge in [-0.25, -0.2) is 4.68 Å². The molecular weight excluding hydrogens is 469 g/mol. The van der Waals surface area contributed by atoms with Crippen molar-refractivity contribution in [3.05, 3.63) is 90.1 Å². The van der Waals surface area contributed by atoms with Gasteiger partial charge in [0.2, 0.25) is 0 Å². The topological polar surface area (TPSA) is 59.4 Å². The predicted molar refractivity (Wildman–Crippen MR) is 132 cm³/mol. The smallest absolute Gasteiger partial charge is 0.471 e. The molecule has 0 radical (unpaired) electrons. The molecule has 9 heteroatoms. The van der Waals surface area contributed by atoms with Crippen molar-refractivity contribution >= 4 is 16.8 Å². The second kappa shape index (κ2) is 10.4. The molecule has 0 aliphatic carbocycles. The van der Waals surface area contributed by atoms with Crippen LogP contribution in [0, 0.1) is 0 Å². The Labute approximate surface area is 207 Å². The van der Waals surface area contributed by atoms with Gasteiger partial charge in [0.1, 0.15) is 11.9 Å². The van der Waals surface area contributed by atoms with Crippen LogP contribution in [0.25, 0.3) is 16.6 Å². The van der Waals surface area contributed by atoms with E-state index in [0.717, 1.165) is 23.1 Å². The summed E-state index contributed by atoms with van der Waals surface area (Å²) in [5.41, 5.74) is 3.60. The Bertz CT molecular complexity index is 1320. The van der Waals surface area contributed by atoms with Crippen LogP contribution in [0.1, 0.15) is 24.2 Å². The van der Waals surface area contributed by atoms with Crippen LogP contribution in [0.15, 0.2) is 79.0 Å². The summed E-state index contributed by atoms with van der Waals surface area (Å²) in [6.45, 7) is 2.32. The first-order valence-electron chi connectivity index (χ1n) is 11.4. The molecule has 1 N–H and O–H groups in total. The van der Waals surface area contributed by atoms with Gasteiger partial charge in [0.05, 0.1) is 23.4 Å². The van der Waals surface area contributed by atoms with E-state index in [1.165, 1.54) is 12.5 Å². The van der Waals surface area contributed by atoms with Crippen molar-refractivity contribution in [1.82, 2.24) is 20.0 Å². The number of carbonyl (C=O) groups is 1. The highest BCUT2D eigenvalue weighted by Gasteiger charge is 2.40. The highest BCUT2D eigenvalue weighted by atomic mass is 19.4. The Kier molecular flexibility index (Phi) is 7.30. The average Bonchev–Trinajstić information content (AvgIpc) is 3.26. The molecule has 0 saturated heterocycles. The number of ether oxygens (including phenoxy) is 1. The SMILES string of the molecule is CC(NC(=O)C(F)(F)F)C(Oc1ccc2c(cnn2-c2ccc(CN(C)C)cc2)c1)c1ccccc1. The molecule has 0 saturated carbocycles. The highest BCUT2D eigenvalue weighted by Crippen LogP contribution is 2.29. The van der Waals surface area contributed by atoms with Crippen molar-refractivity contribution in [3.8, 4) is 11.4 Å². The summed E-state index contributed by atoms with van der Waals surface area (Å²) in [7, 11) is 4.03. The summed E-state index contributed by atoms with van der Waals surface area (Å²) in [4.78, 5) is 13.6. The number of hydrogen-bond acceptors (Lipinski definition) is 4. The van der Waals surface area contributed by atoms with Gasteiger partial charge in [-0.2, -0.15) is 18.3 Å². The molecule has 2 unspecified atom stereocenters. The number of nitrogens with one attached hydrogen (secondary N) is 1. The van der Waals surface area contributed by atoms with Gasteiger partial charge < -0.3 is 15.0 Å². The number of amides is 1. The summed E-state index contributed by atoms with van der Waals surface area (Å²) < 4.78 is 46.4. The third-order valence-corrected chi connectivity index (χ3v) is 5.68. The number of hydrogen-bond donors (Lipinski definition) is 1. The van der Waals surface area contributed by atoms with E-state index >= 15 is 0 Å². The van der Waals surface area contributed by atoms with Crippen LogP contribution in [-0.2, 0) is 11.3 Å². The van der Waals surface area contributed by atoms with E-state index in [1.807, 2.05) is 42.3 Å². The summed E-state index contributed by atoms with van der Waals surface area (Å²) >= 11 is 0. The van der Waals surface area contributed by atoms with E-state index in [9.17, 15) is 18.0 Å². The van der Waals surface area contributed by atoms with E-state index in [1.54, 1.807) is 48.7 Å². The Morgan fingerprint density at radius 2 is 1.75 bits per heavy atom. The van der Waals surface area contributed by atoms with Gasteiger partial charge in [-0.15, -0.1) is 0 Å². The largest absolute Gasteiger partial charge is 0.484 e. The van der Waals surface area contributed by atoms with E-state index in [-0.39, 0.29) is 0 Å². The standard InChI is InChI=1S/C27H27F3N4O2/c1-18(32-26(35)27(28,29)30)25(20-7-5-4-6-8-20)36-23-13-14-24-21(15-23)16-31-34(24)22-11-9-19(10-12-22)17-33(2)3/h4-16,18,25H,17H2,1-3H3,(H,32,35). The first kappa shape index (κ1) is 25.2. The lowest BCUT2D eigenvalue weighted by atomic mass is 10.0. The van der Waals surface area contributed by atoms with Crippen LogP contribution in [-0.4, -0.2) is 46.9 Å². The number of carbonyl (C=O) groups excluding carboxylic acids is 1. The summed E-state index contributed by atoms with van der Waals surface area (Å²) in [6.07, 6.45) is -4.11. The maximum atomic E-state index is 12.8. The molecule has 0 aliphatic rings. The van der Waals surface area contributed by atoms with Crippen molar-refractivity contribution < 1.29 is 22.7 Å². The molecule has 0 spiro atoms. The predicted octanol–water partition coefficient (Wildman–Crippen LogP) is 5.27. The van der Waals surface area contributed by atoms with Crippen LogP contribution in [0.3, 0.4) is 0 Å². The zero-order chi connectivity index (χ0) is 25.9. The second-order valence-electron chi connectivity index (χ2n) is 8.89. The second-order valence-corrected chi connectivity index (χ2v) is 8.89. The first-order chi connectivity index (χ1) is 17.1. The minimum Gasteiger partial charge on any atom is -0.484 e. The molecule has 1 aromatic heterocycles. The van der Waals surface area contributed by atoms with Crippen molar-refractivity contribution in [2.24, 2.45) is 0 Å². The highest BCUT2D eigenvalue weighted by molar-refractivity contribution is 5.82. The van der Waals surface area contributed by atoms with Crippen molar-refractivity contribution in [1.29, 1.82) is 0 Å². The van der Waals surface area contributed by atoms with E-state index in [0.29, 0.717) is 11.3 Å². The van der Waals surface area contributed by atoms with Gasteiger partial charge in [0.25, 0.3) is 0 Å². The molecule has 0 bridgehead atoms. The van der Waals surface area contributed by atoms with Crippen LogP contribution in [0.5, 0.6) is 5.75 Å². The Morgan fingerprint density at radius 1 is 1.06 bits per heavy atom. The minimum atomic E-state index is -4.98. The summed E-state index contributed by atoms with van der Waals surface area (Å²) in [5.74, 6) is -1.56. The fraction of sp³-hybridized carbons (Fsp3) is 0.259. The molecule has 1 amide bonds. The third-order valence-electron chi connectivity index (χ3n) is 5.68. The van der Waals surface area contributed by atoms with Crippen molar-refractivity contribution in [3.63, 3.8) is 0 Å². The first-order valence-corrected chi connectivity index (χ1v) is 11.4. The fourth-order valence-electron chi connectivity index (χ4n) is 4.01.